The molecule has 3 aromatic rings. The number of rotatable bonds is 8. The summed E-state index contributed by atoms with van der Waals surface area (Å²) in [5.74, 6) is -0.733. The Balaban J connectivity index is 2.13. The summed E-state index contributed by atoms with van der Waals surface area (Å²) in [6.45, 7) is 5.14. The van der Waals surface area contributed by atoms with Crippen LogP contribution in [0.15, 0.2) is 88.2 Å². The fourth-order valence-corrected chi connectivity index (χ4v) is 5.94. The minimum Gasteiger partial charge on any atom is -0.801 e. The number of phenolic OH excluding ortho intramolecular Hbond substituents is 1. The van der Waals surface area contributed by atoms with Crippen LogP contribution in [-0.4, -0.2) is 68.2 Å². The number of phenols is 1. The topological polar surface area (TPSA) is 158 Å². The molecule has 0 radical (unpaired) electrons. The van der Waals surface area contributed by atoms with E-state index in [1.165, 1.54) is 10.6 Å². The van der Waals surface area contributed by atoms with Gasteiger partial charge in [-0.3, -0.25) is 9.11 Å². The number of benzene rings is 3. The Hall–Kier alpha value is -3.81. The average Bonchev–Trinajstić information content (AvgIpc) is 2.94. The molecule has 10 nitrogen and oxygen atoms in total. The molecule has 3 N–H and O–H groups in total. The second kappa shape index (κ2) is 11.6. The maximum absolute atomic E-state index is 12.3. The second-order valence-electron chi connectivity index (χ2n) is 9.40. The van der Waals surface area contributed by atoms with Crippen molar-refractivity contribution in [3.63, 3.8) is 0 Å². The molecule has 0 saturated carbocycles. The van der Waals surface area contributed by atoms with Gasteiger partial charge in [0.05, 0.1) is 11.6 Å². The highest BCUT2D eigenvalue weighted by atomic mass is 32.2. The van der Waals surface area contributed by atoms with Gasteiger partial charge in [0, 0.05) is 42.1 Å². The maximum Gasteiger partial charge on any atom is 0.298 e. The van der Waals surface area contributed by atoms with Crippen molar-refractivity contribution in [3.8, 4) is 5.75 Å². The molecule has 1 aliphatic rings. The SMILES string of the molecule is CCN(CC)c1ccc(C(=C2C=CC(=[N+](C)C[O-])C=C2)c2c(O)c(S(=O)(=O)O)cc3cc(S(=O)(=O)O)ccc23)cc1. The zero-order valence-corrected chi connectivity index (χ0v) is 24.3. The Bertz CT molecular complexity index is 1830. The van der Waals surface area contributed by atoms with Crippen molar-refractivity contribution in [1.82, 2.24) is 0 Å². The summed E-state index contributed by atoms with van der Waals surface area (Å²) in [7, 11) is -7.96. The highest BCUT2D eigenvalue weighted by Gasteiger charge is 2.26. The summed E-state index contributed by atoms with van der Waals surface area (Å²) in [6.07, 6.45) is 6.85. The van der Waals surface area contributed by atoms with Gasteiger partial charge in [-0.05, 0) is 78.2 Å². The van der Waals surface area contributed by atoms with Crippen molar-refractivity contribution in [2.75, 3.05) is 31.8 Å². The summed E-state index contributed by atoms with van der Waals surface area (Å²) >= 11 is 0. The monoisotopic (exact) mass is 598 g/mol. The fraction of sp³-hybridized carbons (Fsp3) is 0.207. The molecule has 41 heavy (non-hydrogen) atoms. The van der Waals surface area contributed by atoms with Crippen molar-refractivity contribution < 1.29 is 40.7 Å². The fourth-order valence-electron chi connectivity index (χ4n) is 4.80. The lowest BCUT2D eigenvalue weighted by atomic mass is 9.87. The standard InChI is InChI=1S/C29H29N2O8S2/c1-4-31(5-2)23-12-8-20(9-13-23)27(19-6-10-22(11-7-19)30(3)18-32)28-25-15-14-24(40(34,35)36)16-21(25)17-26(29(28)33)41(37,38)39/h6-17H,4-5,18H2,1-3H3,(H2,34,35,36,37,38,39)/q-1/p+1. The first-order valence-electron chi connectivity index (χ1n) is 12.7. The van der Waals surface area contributed by atoms with E-state index in [1.807, 2.05) is 38.1 Å². The van der Waals surface area contributed by atoms with Crippen molar-refractivity contribution >= 4 is 48.0 Å². The zero-order chi connectivity index (χ0) is 30.1. The third-order valence-corrected chi connectivity index (χ3v) is 8.67. The normalized spacial score (nSPS) is 13.6. The van der Waals surface area contributed by atoms with Crippen LogP contribution in [0, 0.1) is 0 Å². The third-order valence-electron chi connectivity index (χ3n) is 6.95. The molecule has 3 aromatic carbocycles. The Morgan fingerprint density at radius 3 is 2.00 bits per heavy atom. The van der Waals surface area contributed by atoms with E-state index in [2.05, 4.69) is 4.90 Å². The van der Waals surface area contributed by atoms with Crippen molar-refractivity contribution in [1.29, 1.82) is 0 Å². The van der Waals surface area contributed by atoms with E-state index >= 15 is 0 Å². The van der Waals surface area contributed by atoms with Gasteiger partial charge in [-0.1, -0.05) is 18.2 Å². The van der Waals surface area contributed by atoms with E-state index < -0.39 is 42.5 Å². The number of nitrogens with zero attached hydrogens (tertiary/aromatic N) is 2. The molecular formula is C29H30N2O8S2. The predicted octanol–water partition coefficient (Wildman–Crippen LogP) is 3.21. The maximum atomic E-state index is 12.3. The van der Waals surface area contributed by atoms with E-state index in [1.54, 1.807) is 31.4 Å². The average molecular weight is 599 g/mol. The van der Waals surface area contributed by atoms with E-state index in [-0.39, 0.29) is 16.3 Å². The molecule has 0 unspecified atom stereocenters. The number of hydrogen-bond acceptors (Lipinski definition) is 7. The number of hydrogen-bond donors (Lipinski definition) is 3. The Morgan fingerprint density at radius 2 is 1.49 bits per heavy atom. The van der Waals surface area contributed by atoms with Gasteiger partial charge in [0.25, 0.3) is 20.2 Å². The zero-order valence-electron chi connectivity index (χ0n) is 22.6. The van der Waals surface area contributed by atoms with Crippen molar-refractivity contribution in [3.05, 3.63) is 89.5 Å². The lowest BCUT2D eigenvalue weighted by Crippen LogP contribution is -2.25. The molecule has 216 valence electrons. The summed E-state index contributed by atoms with van der Waals surface area (Å²) in [5, 5.41) is 23.1. The van der Waals surface area contributed by atoms with E-state index in [0.717, 1.165) is 37.0 Å². The van der Waals surface area contributed by atoms with Crippen LogP contribution in [0.2, 0.25) is 0 Å². The summed E-state index contributed by atoms with van der Waals surface area (Å²) in [6, 6.07) is 11.9. The van der Waals surface area contributed by atoms with Gasteiger partial charge < -0.3 is 15.1 Å². The molecule has 0 aromatic heterocycles. The molecule has 0 atom stereocenters. The Labute approximate surface area is 239 Å². The first-order chi connectivity index (χ1) is 19.3. The number of aromatic hydroxyl groups is 1. The van der Waals surface area contributed by atoms with Gasteiger partial charge in [0.15, 0.2) is 5.71 Å². The lowest BCUT2D eigenvalue weighted by Gasteiger charge is -2.22. The largest absolute Gasteiger partial charge is 0.801 e. The molecular weight excluding hydrogens is 568 g/mol. The minimum absolute atomic E-state index is 0.0255. The van der Waals surface area contributed by atoms with Crippen LogP contribution in [0.25, 0.3) is 16.3 Å². The Kier molecular flexibility index (Phi) is 8.52. The molecule has 0 aliphatic heterocycles. The molecule has 1 aliphatic carbocycles. The Morgan fingerprint density at radius 1 is 0.878 bits per heavy atom. The van der Waals surface area contributed by atoms with Crippen LogP contribution in [0.3, 0.4) is 0 Å². The molecule has 0 saturated heterocycles. The van der Waals surface area contributed by atoms with Crippen LogP contribution < -0.4 is 10.0 Å². The smallest absolute Gasteiger partial charge is 0.298 e. The number of fused-ring (bicyclic) bond motifs is 1. The van der Waals surface area contributed by atoms with Gasteiger partial charge in [-0.25, -0.2) is 4.58 Å². The number of anilines is 1. The molecule has 0 spiro atoms. The highest BCUT2D eigenvalue weighted by Crippen LogP contribution is 2.43. The molecule has 0 fully saturated rings. The quantitative estimate of drug-likeness (QED) is 0.201. The van der Waals surface area contributed by atoms with Gasteiger partial charge in [-0.15, -0.1) is 0 Å². The van der Waals surface area contributed by atoms with Crippen LogP contribution >= 0.6 is 0 Å². The van der Waals surface area contributed by atoms with Gasteiger partial charge in [-0.2, -0.15) is 16.8 Å². The van der Waals surface area contributed by atoms with Gasteiger partial charge >= 0.3 is 0 Å². The summed E-state index contributed by atoms with van der Waals surface area (Å²) in [4.78, 5) is 0.824. The van der Waals surface area contributed by atoms with E-state index in [4.69, 9.17) is 0 Å². The molecule has 0 heterocycles. The van der Waals surface area contributed by atoms with E-state index in [9.17, 15) is 36.2 Å². The van der Waals surface area contributed by atoms with Crippen LogP contribution in [-0.2, 0) is 20.2 Å². The molecule has 12 heteroatoms. The molecule has 0 amide bonds. The van der Waals surface area contributed by atoms with Crippen LogP contribution in [0.1, 0.15) is 25.0 Å². The summed E-state index contributed by atoms with van der Waals surface area (Å²) < 4.78 is 69.4. The van der Waals surface area contributed by atoms with Crippen molar-refractivity contribution in [2.45, 2.75) is 23.6 Å². The van der Waals surface area contributed by atoms with Gasteiger partial charge in [0.2, 0.25) is 0 Å². The first kappa shape index (κ1) is 30.2. The van der Waals surface area contributed by atoms with Gasteiger partial charge in [0.1, 0.15) is 17.7 Å². The van der Waals surface area contributed by atoms with Crippen LogP contribution in [0.5, 0.6) is 5.75 Å². The van der Waals surface area contributed by atoms with Crippen molar-refractivity contribution in [2.24, 2.45) is 0 Å². The van der Waals surface area contributed by atoms with Crippen LogP contribution in [0.4, 0.5) is 5.69 Å². The highest BCUT2D eigenvalue weighted by molar-refractivity contribution is 7.86. The van der Waals surface area contributed by atoms with E-state index in [0.29, 0.717) is 22.4 Å². The minimum atomic E-state index is -4.96. The number of allylic oxidation sites excluding steroid dienone is 5. The lowest BCUT2D eigenvalue weighted by molar-refractivity contribution is -0.657. The predicted molar refractivity (Wildman–Crippen MR) is 156 cm³/mol. The first-order valence-corrected chi connectivity index (χ1v) is 15.5. The molecule has 0 bridgehead atoms. The summed E-state index contributed by atoms with van der Waals surface area (Å²) in [5.41, 5.74) is 3.14. The third kappa shape index (κ3) is 6.11. The molecule has 4 rings (SSSR count). The second-order valence-corrected chi connectivity index (χ2v) is 12.2.